The lowest BCUT2D eigenvalue weighted by Gasteiger charge is -2.33. The molecule has 0 unspecified atom stereocenters. The summed E-state index contributed by atoms with van der Waals surface area (Å²) < 4.78 is 33.1. The second kappa shape index (κ2) is 15.4. The predicted octanol–water partition coefficient (Wildman–Crippen LogP) is 5.97. The molecule has 9 heteroatoms. The third kappa shape index (κ3) is 9.94. The van der Waals surface area contributed by atoms with Crippen LogP contribution in [-0.4, -0.2) is 50.5 Å². The van der Waals surface area contributed by atoms with Crippen molar-refractivity contribution in [3.05, 3.63) is 126 Å². The lowest BCUT2D eigenvalue weighted by molar-refractivity contribution is -0.140. The van der Waals surface area contributed by atoms with Crippen molar-refractivity contribution in [2.75, 3.05) is 23.7 Å². The summed E-state index contributed by atoms with van der Waals surface area (Å²) in [5.74, 6) is 0.596. The maximum atomic E-state index is 14.3. The van der Waals surface area contributed by atoms with Gasteiger partial charge in [-0.2, -0.15) is 0 Å². The van der Waals surface area contributed by atoms with Crippen molar-refractivity contribution >= 4 is 27.5 Å². The molecule has 236 valence electrons. The first-order valence-corrected chi connectivity index (χ1v) is 16.8. The molecule has 45 heavy (non-hydrogen) atoms. The summed E-state index contributed by atoms with van der Waals surface area (Å²) in [6.07, 6.45) is 1.34. The van der Waals surface area contributed by atoms with Crippen molar-refractivity contribution in [2.45, 2.75) is 39.8 Å². The van der Waals surface area contributed by atoms with E-state index < -0.39 is 28.5 Å². The van der Waals surface area contributed by atoms with E-state index in [0.717, 1.165) is 27.3 Å². The summed E-state index contributed by atoms with van der Waals surface area (Å²) in [7, 11) is -3.88. The van der Waals surface area contributed by atoms with Crippen molar-refractivity contribution in [1.29, 1.82) is 0 Å². The molecule has 0 aliphatic carbocycles. The normalized spacial score (nSPS) is 11.9. The third-order valence-electron chi connectivity index (χ3n) is 7.17. The fourth-order valence-corrected chi connectivity index (χ4v) is 5.75. The van der Waals surface area contributed by atoms with Crippen molar-refractivity contribution < 1.29 is 22.7 Å². The van der Waals surface area contributed by atoms with E-state index in [1.807, 2.05) is 106 Å². The maximum absolute atomic E-state index is 14.3. The van der Waals surface area contributed by atoms with Crippen LogP contribution in [-0.2, 0) is 32.6 Å². The Morgan fingerprint density at radius 3 is 2.00 bits per heavy atom. The Hall–Kier alpha value is -4.63. The number of aryl methyl sites for hydroxylation is 1. The number of hydrogen-bond acceptors (Lipinski definition) is 5. The topological polar surface area (TPSA) is 96.0 Å². The first-order valence-electron chi connectivity index (χ1n) is 15.0. The Labute approximate surface area is 266 Å². The van der Waals surface area contributed by atoms with Crippen LogP contribution in [0.2, 0.25) is 0 Å². The zero-order valence-corrected chi connectivity index (χ0v) is 27.0. The zero-order valence-electron chi connectivity index (χ0n) is 26.2. The molecule has 1 N–H and O–H groups in total. The Balaban J connectivity index is 1.67. The molecule has 1 atom stereocenters. The van der Waals surface area contributed by atoms with Crippen LogP contribution in [0.3, 0.4) is 0 Å². The summed E-state index contributed by atoms with van der Waals surface area (Å²) in [5.41, 5.74) is 3.05. The van der Waals surface area contributed by atoms with Gasteiger partial charge in [0.25, 0.3) is 0 Å². The van der Waals surface area contributed by atoms with Gasteiger partial charge in [-0.15, -0.1) is 0 Å². The minimum Gasteiger partial charge on any atom is -0.457 e. The van der Waals surface area contributed by atoms with Crippen LogP contribution in [0, 0.1) is 12.8 Å². The first kappa shape index (κ1) is 33.3. The standard InChI is InChI=1S/C36H41N3O5S/c1-27(2)24-37-36(41)34(23-29-13-7-5-8-14-29)38(25-30-15-11-12-28(3)22-30)35(40)26-39(45(4,42)43)31-18-20-33(21-19-31)44-32-16-9-6-10-17-32/h5-22,27,34H,23-26H2,1-4H3,(H,37,41)/t34-/m1/s1. The second-order valence-corrected chi connectivity index (χ2v) is 13.4. The lowest BCUT2D eigenvalue weighted by atomic mass is 10.0. The van der Waals surface area contributed by atoms with Gasteiger partial charge in [0.15, 0.2) is 0 Å². The number of nitrogens with one attached hydrogen (secondary N) is 1. The molecule has 0 spiro atoms. The number of amides is 2. The summed E-state index contributed by atoms with van der Waals surface area (Å²) in [6, 6.07) is 32.1. The SMILES string of the molecule is Cc1cccc(CN(C(=O)CN(c2ccc(Oc3ccccc3)cc2)S(C)(=O)=O)[C@H](Cc2ccccc2)C(=O)NCC(C)C)c1. The molecule has 4 aromatic carbocycles. The lowest BCUT2D eigenvalue weighted by Crippen LogP contribution is -2.53. The molecule has 4 rings (SSSR count). The van der Waals surface area contributed by atoms with Crippen LogP contribution in [0.25, 0.3) is 0 Å². The van der Waals surface area contributed by atoms with Gasteiger partial charge in [-0.1, -0.05) is 92.2 Å². The third-order valence-corrected chi connectivity index (χ3v) is 8.31. The quantitative estimate of drug-likeness (QED) is 0.186. The Kier molecular flexibility index (Phi) is 11.4. The monoisotopic (exact) mass is 627 g/mol. The largest absolute Gasteiger partial charge is 0.457 e. The number of carbonyl (C=O) groups is 2. The van der Waals surface area contributed by atoms with Gasteiger partial charge in [-0.05, 0) is 60.4 Å². The number of rotatable bonds is 14. The van der Waals surface area contributed by atoms with E-state index in [9.17, 15) is 18.0 Å². The van der Waals surface area contributed by atoms with Gasteiger partial charge in [-0.3, -0.25) is 13.9 Å². The smallest absolute Gasteiger partial charge is 0.244 e. The molecule has 0 bridgehead atoms. The molecule has 0 heterocycles. The predicted molar refractivity (Wildman–Crippen MR) is 179 cm³/mol. The highest BCUT2D eigenvalue weighted by Crippen LogP contribution is 2.26. The van der Waals surface area contributed by atoms with Gasteiger partial charge < -0.3 is 15.0 Å². The Morgan fingerprint density at radius 2 is 1.40 bits per heavy atom. The number of sulfonamides is 1. The van der Waals surface area contributed by atoms with Gasteiger partial charge in [-0.25, -0.2) is 8.42 Å². The van der Waals surface area contributed by atoms with E-state index in [2.05, 4.69) is 5.32 Å². The second-order valence-electron chi connectivity index (χ2n) is 11.5. The van der Waals surface area contributed by atoms with Crippen LogP contribution in [0.5, 0.6) is 11.5 Å². The van der Waals surface area contributed by atoms with Crippen molar-refractivity contribution in [2.24, 2.45) is 5.92 Å². The summed E-state index contributed by atoms with van der Waals surface area (Å²) in [5, 5.41) is 3.00. The summed E-state index contributed by atoms with van der Waals surface area (Å²) in [6.45, 7) is 6.07. The Morgan fingerprint density at radius 1 is 0.800 bits per heavy atom. The average molecular weight is 628 g/mol. The number of anilines is 1. The zero-order chi connectivity index (χ0) is 32.4. The van der Waals surface area contributed by atoms with Gasteiger partial charge in [0.2, 0.25) is 21.8 Å². The van der Waals surface area contributed by atoms with Crippen molar-refractivity contribution in [3.63, 3.8) is 0 Å². The molecular weight excluding hydrogens is 586 g/mol. The molecule has 0 aliphatic rings. The highest BCUT2D eigenvalue weighted by Gasteiger charge is 2.33. The van der Waals surface area contributed by atoms with E-state index in [0.29, 0.717) is 23.7 Å². The van der Waals surface area contributed by atoms with Gasteiger partial charge >= 0.3 is 0 Å². The maximum Gasteiger partial charge on any atom is 0.244 e. The number of para-hydroxylation sites is 1. The van der Waals surface area contributed by atoms with Gasteiger partial charge in [0, 0.05) is 19.5 Å². The van der Waals surface area contributed by atoms with E-state index >= 15 is 0 Å². The number of hydrogen-bond donors (Lipinski definition) is 1. The molecule has 0 aliphatic heterocycles. The van der Waals surface area contributed by atoms with Crippen LogP contribution in [0.1, 0.15) is 30.5 Å². The molecule has 0 saturated heterocycles. The minimum absolute atomic E-state index is 0.133. The van der Waals surface area contributed by atoms with E-state index in [4.69, 9.17) is 4.74 Å². The highest BCUT2D eigenvalue weighted by atomic mass is 32.2. The highest BCUT2D eigenvalue weighted by molar-refractivity contribution is 7.92. The van der Waals surface area contributed by atoms with E-state index in [1.165, 1.54) is 4.90 Å². The molecular formula is C36H41N3O5S. The fourth-order valence-electron chi connectivity index (χ4n) is 4.90. The van der Waals surface area contributed by atoms with Crippen LogP contribution >= 0.6 is 0 Å². The number of ether oxygens (including phenoxy) is 1. The molecule has 0 aromatic heterocycles. The average Bonchev–Trinajstić information content (AvgIpc) is 3.01. The minimum atomic E-state index is -3.88. The van der Waals surface area contributed by atoms with Crippen LogP contribution < -0.4 is 14.4 Å². The first-order chi connectivity index (χ1) is 21.5. The summed E-state index contributed by atoms with van der Waals surface area (Å²) >= 11 is 0. The molecule has 0 radical (unpaired) electrons. The molecule has 2 amide bonds. The Bertz CT molecular complexity index is 1660. The van der Waals surface area contributed by atoms with E-state index in [-0.39, 0.29) is 24.8 Å². The van der Waals surface area contributed by atoms with Crippen LogP contribution in [0.15, 0.2) is 109 Å². The van der Waals surface area contributed by atoms with Crippen molar-refractivity contribution in [1.82, 2.24) is 10.2 Å². The molecule has 0 fully saturated rings. The van der Waals surface area contributed by atoms with Gasteiger partial charge in [0.05, 0.1) is 11.9 Å². The number of benzene rings is 4. The number of carbonyl (C=O) groups excluding carboxylic acids is 2. The van der Waals surface area contributed by atoms with E-state index in [1.54, 1.807) is 24.3 Å². The fraction of sp³-hybridized carbons (Fsp3) is 0.278. The summed E-state index contributed by atoms with van der Waals surface area (Å²) in [4.78, 5) is 29.5. The van der Waals surface area contributed by atoms with Crippen molar-refractivity contribution in [3.8, 4) is 11.5 Å². The molecule has 4 aromatic rings. The van der Waals surface area contributed by atoms with Gasteiger partial charge in [0.1, 0.15) is 24.1 Å². The van der Waals surface area contributed by atoms with Crippen LogP contribution in [0.4, 0.5) is 5.69 Å². The number of nitrogens with zero attached hydrogens (tertiary/aromatic N) is 2. The molecule has 0 saturated carbocycles. The molecule has 8 nitrogen and oxygen atoms in total.